The third kappa shape index (κ3) is 4.41. The predicted octanol–water partition coefficient (Wildman–Crippen LogP) is -0.751. The molecule has 1 amide bonds. The third-order valence-corrected chi connectivity index (χ3v) is 3.61. The first-order valence-corrected chi connectivity index (χ1v) is 7.10. The van der Waals surface area contributed by atoms with E-state index in [4.69, 9.17) is 11.5 Å². The number of hydrogen-bond donors (Lipinski definition) is 3. The Morgan fingerprint density at radius 2 is 2.26 bits per heavy atom. The molecule has 0 saturated heterocycles. The molecule has 0 fully saturated rings. The Kier molecular flexibility index (Phi) is 5.12. The molecule has 1 heterocycles. The molecule has 0 spiro atoms. The maximum absolute atomic E-state index is 11.9. The van der Waals surface area contributed by atoms with Crippen molar-refractivity contribution in [2.45, 2.75) is 24.8 Å². The highest BCUT2D eigenvalue weighted by Crippen LogP contribution is 2.15. The molecule has 0 aliphatic heterocycles. The molecule has 0 unspecified atom stereocenters. The van der Waals surface area contributed by atoms with Crippen LogP contribution in [0, 0.1) is 0 Å². The Bertz CT molecular complexity index is 539. The van der Waals surface area contributed by atoms with Gasteiger partial charge in [0.25, 0.3) is 0 Å². The lowest BCUT2D eigenvalue weighted by molar-refractivity contribution is 0.159. The topological polar surface area (TPSA) is 142 Å². The molecule has 0 aromatic carbocycles. The number of nitrogens with one attached hydrogen (secondary N) is 1. The van der Waals surface area contributed by atoms with Crippen LogP contribution in [0.4, 0.5) is 10.6 Å². The van der Waals surface area contributed by atoms with E-state index in [9.17, 15) is 13.2 Å². The number of sulfonamides is 1. The Morgan fingerprint density at radius 1 is 1.58 bits per heavy atom. The van der Waals surface area contributed by atoms with Crippen LogP contribution in [0.2, 0.25) is 0 Å². The third-order valence-electron chi connectivity index (χ3n) is 2.14. The minimum Gasteiger partial charge on any atom is -0.448 e. The van der Waals surface area contributed by atoms with Crippen LogP contribution in [-0.2, 0) is 21.3 Å². The average Bonchev–Trinajstić information content (AvgIpc) is 2.67. The Hall–Kier alpha value is -1.81. The van der Waals surface area contributed by atoms with Crippen molar-refractivity contribution in [3.63, 3.8) is 0 Å². The number of carbonyl (C=O) groups excluding carboxylic acids is 1. The van der Waals surface area contributed by atoms with Crippen LogP contribution in [0.25, 0.3) is 0 Å². The molecule has 0 atom stereocenters. The van der Waals surface area contributed by atoms with Crippen LogP contribution in [0.3, 0.4) is 0 Å². The van der Waals surface area contributed by atoms with E-state index >= 15 is 0 Å². The number of aryl methyl sites for hydroxylation is 1. The van der Waals surface area contributed by atoms with E-state index < -0.39 is 16.1 Å². The van der Waals surface area contributed by atoms with Gasteiger partial charge in [-0.15, -0.1) is 0 Å². The molecule has 108 valence electrons. The molecule has 9 nitrogen and oxygen atoms in total. The summed E-state index contributed by atoms with van der Waals surface area (Å²) < 4.78 is 31.9. The van der Waals surface area contributed by atoms with E-state index in [1.165, 1.54) is 10.9 Å². The zero-order valence-corrected chi connectivity index (χ0v) is 11.3. The molecule has 0 bridgehead atoms. The van der Waals surface area contributed by atoms with Crippen molar-refractivity contribution in [2.75, 3.05) is 18.9 Å². The van der Waals surface area contributed by atoms with E-state index in [1.54, 1.807) is 0 Å². The number of nitrogens with zero attached hydrogens (tertiary/aromatic N) is 2. The van der Waals surface area contributed by atoms with Gasteiger partial charge in [0.15, 0.2) is 5.82 Å². The highest BCUT2D eigenvalue weighted by Gasteiger charge is 2.20. The molecule has 1 rings (SSSR count). The van der Waals surface area contributed by atoms with Crippen molar-refractivity contribution >= 4 is 21.9 Å². The minimum atomic E-state index is -3.78. The smallest absolute Gasteiger partial charge is 0.404 e. The number of nitrogen functional groups attached to an aromatic ring is 1. The number of anilines is 1. The van der Waals surface area contributed by atoms with Crippen LogP contribution in [0.1, 0.15) is 13.3 Å². The van der Waals surface area contributed by atoms with Gasteiger partial charge in [-0.1, -0.05) is 6.92 Å². The van der Waals surface area contributed by atoms with E-state index in [0.717, 1.165) is 6.42 Å². The van der Waals surface area contributed by atoms with Crippen molar-refractivity contribution in [3.05, 3.63) is 6.20 Å². The van der Waals surface area contributed by atoms with Crippen molar-refractivity contribution < 1.29 is 17.9 Å². The fourth-order valence-electron chi connectivity index (χ4n) is 1.37. The van der Waals surface area contributed by atoms with E-state index in [0.29, 0.717) is 6.54 Å². The lowest BCUT2D eigenvalue weighted by Gasteiger charge is -2.05. The summed E-state index contributed by atoms with van der Waals surface area (Å²) >= 11 is 0. The zero-order valence-electron chi connectivity index (χ0n) is 10.5. The molecule has 0 saturated carbocycles. The largest absolute Gasteiger partial charge is 0.448 e. The van der Waals surface area contributed by atoms with Gasteiger partial charge in [0.1, 0.15) is 11.5 Å². The maximum atomic E-state index is 11.9. The van der Waals surface area contributed by atoms with Gasteiger partial charge in [-0.2, -0.15) is 5.10 Å². The van der Waals surface area contributed by atoms with Crippen molar-refractivity contribution in [1.29, 1.82) is 0 Å². The van der Waals surface area contributed by atoms with Gasteiger partial charge in [0, 0.05) is 19.3 Å². The Labute approximate surface area is 110 Å². The van der Waals surface area contributed by atoms with Gasteiger partial charge >= 0.3 is 6.09 Å². The average molecular weight is 291 g/mol. The van der Waals surface area contributed by atoms with Crippen molar-refractivity contribution in [3.8, 4) is 0 Å². The molecule has 1 aromatic heterocycles. The van der Waals surface area contributed by atoms with E-state index in [1.807, 2.05) is 6.92 Å². The standard InChI is InChI=1S/C9H17N5O4S/c1-2-4-14-6-7(8(10)13-14)19(16,17)12-3-5-18-9(11)15/h6,12H,2-5H2,1H3,(H2,10,13)(H2,11,15). The summed E-state index contributed by atoms with van der Waals surface area (Å²) in [5.41, 5.74) is 10.3. The first kappa shape index (κ1) is 15.2. The molecule has 19 heavy (non-hydrogen) atoms. The monoisotopic (exact) mass is 291 g/mol. The normalized spacial score (nSPS) is 11.4. The summed E-state index contributed by atoms with van der Waals surface area (Å²) in [6.07, 6.45) is 1.20. The molecule has 0 aliphatic carbocycles. The SMILES string of the molecule is CCCn1cc(S(=O)(=O)NCCOC(N)=O)c(N)n1. The lowest BCUT2D eigenvalue weighted by Crippen LogP contribution is -2.29. The van der Waals surface area contributed by atoms with Gasteiger partial charge in [0.05, 0.1) is 0 Å². The summed E-state index contributed by atoms with van der Waals surface area (Å²) in [5, 5.41) is 3.89. The summed E-state index contributed by atoms with van der Waals surface area (Å²) in [5.74, 6) is -0.0724. The predicted molar refractivity (Wildman–Crippen MR) is 67.7 cm³/mol. The highest BCUT2D eigenvalue weighted by molar-refractivity contribution is 7.89. The molecule has 1 aromatic rings. The molecule has 0 radical (unpaired) electrons. The summed E-state index contributed by atoms with van der Waals surface area (Å²) in [7, 11) is -3.78. The van der Waals surface area contributed by atoms with Crippen molar-refractivity contribution in [1.82, 2.24) is 14.5 Å². The second-order valence-electron chi connectivity index (χ2n) is 3.71. The van der Waals surface area contributed by atoms with Gasteiger partial charge < -0.3 is 16.2 Å². The van der Waals surface area contributed by atoms with Crippen LogP contribution in [-0.4, -0.2) is 37.4 Å². The molecular formula is C9H17N5O4S. The minimum absolute atomic E-state index is 0.0724. The first-order chi connectivity index (χ1) is 8.86. The van der Waals surface area contributed by atoms with Crippen molar-refractivity contribution in [2.24, 2.45) is 5.73 Å². The number of primary amides is 1. The number of amides is 1. The van der Waals surface area contributed by atoms with Gasteiger partial charge in [-0.3, -0.25) is 4.68 Å². The zero-order chi connectivity index (χ0) is 14.5. The number of hydrogen-bond acceptors (Lipinski definition) is 6. The molecule has 5 N–H and O–H groups in total. The fraction of sp³-hybridized carbons (Fsp3) is 0.556. The second kappa shape index (κ2) is 6.38. The van der Waals surface area contributed by atoms with Gasteiger partial charge in [-0.25, -0.2) is 17.9 Å². The van der Waals surface area contributed by atoms with Gasteiger partial charge in [0.2, 0.25) is 10.0 Å². The lowest BCUT2D eigenvalue weighted by atomic mass is 10.5. The number of aromatic nitrogens is 2. The molecule has 0 aliphatic rings. The highest BCUT2D eigenvalue weighted by atomic mass is 32.2. The van der Waals surface area contributed by atoms with Gasteiger partial charge in [-0.05, 0) is 6.42 Å². The molecule has 10 heteroatoms. The van der Waals surface area contributed by atoms with Crippen LogP contribution in [0.5, 0.6) is 0 Å². The summed E-state index contributed by atoms with van der Waals surface area (Å²) in [6, 6.07) is 0. The van der Waals surface area contributed by atoms with Crippen LogP contribution >= 0.6 is 0 Å². The van der Waals surface area contributed by atoms with E-state index in [2.05, 4.69) is 14.6 Å². The Balaban J connectivity index is 2.68. The Morgan fingerprint density at radius 3 is 2.84 bits per heavy atom. The van der Waals surface area contributed by atoms with Crippen LogP contribution < -0.4 is 16.2 Å². The summed E-state index contributed by atoms with van der Waals surface area (Å²) in [6.45, 7) is 2.26. The number of ether oxygens (including phenoxy) is 1. The maximum Gasteiger partial charge on any atom is 0.404 e. The first-order valence-electron chi connectivity index (χ1n) is 5.61. The van der Waals surface area contributed by atoms with Crippen LogP contribution in [0.15, 0.2) is 11.1 Å². The number of carbonyl (C=O) groups is 1. The summed E-state index contributed by atoms with van der Waals surface area (Å²) in [4.78, 5) is 10.2. The van der Waals surface area contributed by atoms with E-state index in [-0.39, 0.29) is 23.9 Å². The second-order valence-corrected chi connectivity index (χ2v) is 5.44. The number of nitrogens with two attached hydrogens (primary N) is 2. The fourth-order valence-corrected chi connectivity index (χ4v) is 2.46. The number of rotatable bonds is 7. The quantitative estimate of drug-likeness (QED) is 0.564. The molecular weight excluding hydrogens is 274 g/mol.